The largest absolute Gasteiger partial charge is 0.490 e. The molecule has 0 saturated carbocycles. The first kappa shape index (κ1) is 15.8. The number of rotatable bonds is 6. The normalized spacial score (nSPS) is 10.9. The number of nitrogens with zero attached hydrogens (tertiary/aromatic N) is 3. The number of hydrogen-bond donors (Lipinski definition) is 0. The topological polar surface area (TPSA) is 49.2 Å². The minimum atomic E-state index is 0.591. The number of halogens is 1. The van der Waals surface area contributed by atoms with Crippen LogP contribution in [0.1, 0.15) is 19.4 Å². The summed E-state index contributed by atoms with van der Waals surface area (Å²) in [5.74, 6) is 1.49. The van der Waals surface area contributed by atoms with E-state index in [1.54, 1.807) is 0 Å². The maximum absolute atomic E-state index is 5.70. The van der Waals surface area contributed by atoms with E-state index < -0.39 is 0 Å². The summed E-state index contributed by atoms with van der Waals surface area (Å²) in [6, 6.07) is 11.9. The van der Waals surface area contributed by atoms with Crippen molar-refractivity contribution in [2.45, 2.75) is 20.4 Å². The van der Waals surface area contributed by atoms with Crippen LogP contribution in [0, 0.1) is 0 Å². The van der Waals surface area contributed by atoms with Crippen LogP contribution >= 0.6 is 15.9 Å². The van der Waals surface area contributed by atoms with Crippen LogP contribution in [0.2, 0.25) is 0 Å². The zero-order chi connectivity index (χ0) is 16.2. The predicted octanol–water partition coefficient (Wildman–Crippen LogP) is 4.04. The molecule has 1 aromatic heterocycles. The third-order valence-electron chi connectivity index (χ3n) is 3.45. The van der Waals surface area contributed by atoms with Crippen molar-refractivity contribution >= 4 is 27.0 Å². The molecule has 0 bridgehead atoms. The molecule has 3 rings (SSSR count). The highest BCUT2D eigenvalue weighted by Gasteiger charge is 2.13. The van der Waals surface area contributed by atoms with Crippen LogP contribution in [0.15, 0.2) is 40.9 Å². The molecule has 0 fully saturated rings. The van der Waals surface area contributed by atoms with Crippen LogP contribution in [0.3, 0.4) is 0 Å². The second-order valence-corrected chi connectivity index (χ2v) is 5.85. The predicted molar refractivity (Wildman–Crippen MR) is 93.1 cm³/mol. The Hall–Kier alpha value is -2.08. The van der Waals surface area contributed by atoms with Gasteiger partial charge in [-0.1, -0.05) is 33.3 Å². The van der Waals surface area contributed by atoms with Gasteiger partial charge in [0, 0.05) is 4.47 Å². The van der Waals surface area contributed by atoms with Crippen molar-refractivity contribution in [2.75, 3.05) is 13.2 Å². The first-order chi connectivity index (χ1) is 11.2. The van der Waals surface area contributed by atoms with E-state index in [1.807, 2.05) is 54.9 Å². The van der Waals surface area contributed by atoms with E-state index in [0.29, 0.717) is 19.8 Å². The Morgan fingerprint density at radius 1 is 1.04 bits per heavy atom. The average molecular weight is 376 g/mol. The lowest BCUT2D eigenvalue weighted by molar-refractivity contribution is 0.287. The molecule has 0 amide bonds. The van der Waals surface area contributed by atoms with Gasteiger partial charge in [-0.25, -0.2) is 4.68 Å². The van der Waals surface area contributed by atoms with E-state index in [9.17, 15) is 0 Å². The van der Waals surface area contributed by atoms with Crippen molar-refractivity contribution in [3.05, 3.63) is 46.4 Å². The summed E-state index contributed by atoms with van der Waals surface area (Å²) >= 11 is 3.62. The van der Waals surface area contributed by atoms with Crippen LogP contribution in [0.5, 0.6) is 11.5 Å². The van der Waals surface area contributed by atoms with Crippen LogP contribution in [-0.2, 0) is 6.54 Å². The Morgan fingerprint density at radius 2 is 1.74 bits per heavy atom. The molecule has 6 heteroatoms. The van der Waals surface area contributed by atoms with Crippen LogP contribution < -0.4 is 9.47 Å². The van der Waals surface area contributed by atoms with Gasteiger partial charge in [-0.2, -0.15) is 0 Å². The van der Waals surface area contributed by atoms with Crippen molar-refractivity contribution in [2.24, 2.45) is 0 Å². The quantitative estimate of drug-likeness (QED) is 0.652. The molecule has 5 nitrogen and oxygen atoms in total. The smallest absolute Gasteiger partial charge is 0.162 e. The van der Waals surface area contributed by atoms with Gasteiger partial charge in [-0.3, -0.25) is 0 Å². The van der Waals surface area contributed by atoms with Crippen LogP contribution in [-0.4, -0.2) is 28.2 Å². The summed E-state index contributed by atoms with van der Waals surface area (Å²) in [5.41, 5.74) is 2.96. The Bertz CT molecular complexity index is 817. The number of hydrogen-bond acceptors (Lipinski definition) is 4. The number of benzene rings is 2. The number of aromatic nitrogens is 3. The molecule has 0 N–H and O–H groups in total. The van der Waals surface area contributed by atoms with Crippen molar-refractivity contribution in [3.63, 3.8) is 0 Å². The van der Waals surface area contributed by atoms with Crippen LogP contribution in [0.4, 0.5) is 0 Å². The SMILES string of the molecule is CCOc1cc(Br)c(Cn2nnc3ccccc32)cc1OCC. The van der Waals surface area contributed by atoms with Crippen LogP contribution in [0.25, 0.3) is 11.0 Å². The van der Waals surface area contributed by atoms with Gasteiger partial charge in [0.15, 0.2) is 11.5 Å². The molecule has 0 atom stereocenters. The van der Waals surface area contributed by atoms with Gasteiger partial charge in [-0.05, 0) is 43.7 Å². The molecule has 0 aliphatic carbocycles. The standard InChI is InChI=1S/C17H18BrN3O2/c1-3-22-16-9-12(13(18)10-17(16)23-4-2)11-21-15-8-6-5-7-14(15)19-20-21/h5-10H,3-4,11H2,1-2H3. The lowest BCUT2D eigenvalue weighted by Gasteiger charge is -2.14. The van der Waals surface area contributed by atoms with E-state index in [1.165, 1.54) is 0 Å². The highest BCUT2D eigenvalue weighted by Crippen LogP contribution is 2.34. The molecule has 1 heterocycles. The highest BCUT2D eigenvalue weighted by atomic mass is 79.9. The number of para-hydroxylation sites is 1. The molecule has 0 unspecified atom stereocenters. The molecule has 120 valence electrons. The van der Waals surface area contributed by atoms with Crippen molar-refractivity contribution in [3.8, 4) is 11.5 Å². The monoisotopic (exact) mass is 375 g/mol. The van der Waals surface area contributed by atoms with Gasteiger partial charge >= 0.3 is 0 Å². The fourth-order valence-electron chi connectivity index (χ4n) is 2.43. The van der Waals surface area contributed by atoms with E-state index in [0.717, 1.165) is 32.6 Å². The van der Waals surface area contributed by atoms with E-state index in [2.05, 4.69) is 26.2 Å². The second kappa shape index (κ2) is 7.00. The summed E-state index contributed by atoms with van der Waals surface area (Å²) in [7, 11) is 0. The van der Waals surface area contributed by atoms with E-state index in [-0.39, 0.29) is 0 Å². The van der Waals surface area contributed by atoms with Gasteiger partial charge in [0.2, 0.25) is 0 Å². The van der Waals surface area contributed by atoms with Gasteiger partial charge in [0.1, 0.15) is 5.52 Å². The third-order valence-corrected chi connectivity index (χ3v) is 4.19. The molecular formula is C17H18BrN3O2. The maximum atomic E-state index is 5.70. The number of fused-ring (bicyclic) bond motifs is 1. The van der Waals surface area contributed by atoms with Gasteiger partial charge in [0.25, 0.3) is 0 Å². The Morgan fingerprint density at radius 3 is 2.48 bits per heavy atom. The third kappa shape index (κ3) is 3.32. The summed E-state index contributed by atoms with van der Waals surface area (Å²) in [5, 5.41) is 8.43. The highest BCUT2D eigenvalue weighted by molar-refractivity contribution is 9.10. The fourth-order valence-corrected chi connectivity index (χ4v) is 2.88. The molecule has 0 aliphatic rings. The maximum Gasteiger partial charge on any atom is 0.162 e. The average Bonchev–Trinajstić information content (AvgIpc) is 2.95. The van der Waals surface area contributed by atoms with E-state index in [4.69, 9.17) is 9.47 Å². The summed E-state index contributed by atoms with van der Waals surface area (Å²) < 4.78 is 14.2. The molecule has 3 aromatic rings. The summed E-state index contributed by atoms with van der Waals surface area (Å²) in [6.45, 7) is 5.71. The van der Waals surface area contributed by atoms with Gasteiger partial charge in [-0.15, -0.1) is 5.10 Å². The van der Waals surface area contributed by atoms with Gasteiger partial charge in [0.05, 0.1) is 25.3 Å². The first-order valence-electron chi connectivity index (χ1n) is 7.59. The lowest BCUT2D eigenvalue weighted by Crippen LogP contribution is -2.05. The zero-order valence-electron chi connectivity index (χ0n) is 13.1. The second-order valence-electron chi connectivity index (χ2n) is 4.99. The Labute approximate surface area is 143 Å². The summed E-state index contributed by atoms with van der Waals surface area (Å²) in [6.07, 6.45) is 0. The Balaban J connectivity index is 1.97. The van der Waals surface area contributed by atoms with Crippen molar-refractivity contribution in [1.29, 1.82) is 0 Å². The minimum absolute atomic E-state index is 0.591. The molecule has 23 heavy (non-hydrogen) atoms. The molecule has 0 radical (unpaired) electrons. The minimum Gasteiger partial charge on any atom is -0.490 e. The molecule has 0 aliphatic heterocycles. The van der Waals surface area contributed by atoms with E-state index >= 15 is 0 Å². The molecule has 0 saturated heterocycles. The molecule has 2 aromatic carbocycles. The Kier molecular flexibility index (Phi) is 4.81. The number of ether oxygens (including phenoxy) is 2. The van der Waals surface area contributed by atoms with Gasteiger partial charge < -0.3 is 9.47 Å². The first-order valence-corrected chi connectivity index (χ1v) is 8.38. The fraction of sp³-hybridized carbons (Fsp3) is 0.294. The molecular weight excluding hydrogens is 358 g/mol. The van der Waals surface area contributed by atoms with Crippen molar-refractivity contribution in [1.82, 2.24) is 15.0 Å². The molecule has 0 spiro atoms. The zero-order valence-corrected chi connectivity index (χ0v) is 14.7. The summed E-state index contributed by atoms with van der Waals surface area (Å²) in [4.78, 5) is 0. The lowest BCUT2D eigenvalue weighted by atomic mass is 10.2. The van der Waals surface area contributed by atoms with Crippen molar-refractivity contribution < 1.29 is 9.47 Å².